The number of thioether (sulfide) groups is 1. The molecule has 6 nitrogen and oxygen atoms in total. The van der Waals surface area contributed by atoms with Crippen molar-refractivity contribution in [3.63, 3.8) is 0 Å². The summed E-state index contributed by atoms with van der Waals surface area (Å²) in [5, 5.41) is 13.2. The summed E-state index contributed by atoms with van der Waals surface area (Å²) in [7, 11) is 0. The van der Waals surface area contributed by atoms with Gasteiger partial charge < -0.3 is 10.4 Å². The fourth-order valence-electron chi connectivity index (χ4n) is 2.13. The number of aromatic hydroxyl groups is 1. The number of hydrogen-bond acceptors (Lipinski definition) is 5. The van der Waals surface area contributed by atoms with Crippen molar-refractivity contribution in [1.82, 2.24) is 14.9 Å². The van der Waals surface area contributed by atoms with Crippen molar-refractivity contribution in [2.45, 2.75) is 32.1 Å². The summed E-state index contributed by atoms with van der Waals surface area (Å²) in [6.07, 6.45) is 0. The number of hydrogen-bond donors (Lipinski definition) is 2. The quantitative estimate of drug-likeness (QED) is 0.569. The molecule has 1 heterocycles. The molecule has 0 aliphatic rings. The van der Waals surface area contributed by atoms with Gasteiger partial charge in [0.25, 0.3) is 5.56 Å². The lowest BCUT2D eigenvalue weighted by molar-refractivity contribution is -0.118. The molecule has 0 saturated heterocycles. The van der Waals surface area contributed by atoms with Crippen LogP contribution in [0.4, 0.5) is 0 Å². The highest BCUT2D eigenvalue weighted by Gasteiger charge is 2.13. The monoisotopic (exact) mass is 381 g/mol. The van der Waals surface area contributed by atoms with E-state index in [0.29, 0.717) is 23.3 Å². The fourth-order valence-corrected chi connectivity index (χ4v) is 3.18. The predicted octanol–water partition coefficient (Wildman–Crippen LogP) is 2.67. The molecule has 134 valence electrons. The molecule has 0 spiro atoms. The van der Waals surface area contributed by atoms with Crippen molar-refractivity contribution in [2.75, 3.05) is 5.75 Å². The summed E-state index contributed by atoms with van der Waals surface area (Å²) in [5.41, 5.74) is 0.495. The van der Waals surface area contributed by atoms with Crippen LogP contribution in [0.15, 0.2) is 40.3 Å². The second-order valence-electron chi connectivity index (χ2n) is 5.90. The third-order valence-electron chi connectivity index (χ3n) is 3.27. The van der Waals surface area contributed by atoms with Crippen LogP contribution in [0.5, 0.6) is 5.88 Å². The fraction of sp³-hybridized carbons (Fsp3) is 0.353. The first kappa shape index (κ1) is 19.3. The molecule has 1 aromatic heterocycles. The third-order valence-corrected chi connectivity index (χ3v) is 4.62. The SMILES string of the molecule is CC(C)Cn1c(SCC(=O)NCc2ccccc2Cl)nc(O)cc1=O. The van der Waals surface area contributed by atoms with Gasteiger partial charge in [-0.1, -0.05) is 55.4 Å². The van der Waals surface area contributed by atoms with E-state index >= 15 is 0 Å². The van der Waals surface area contributed by atoms with Gasteiger partial charge in [0.15, 0.2) is 5.16 Å². The maximum absolute atomic E-state index is 12.1. The second kappa shape index (κ2) is 8.92. The Morgan fingerprint density at radius 1 is 1.40 bits per heavy atom. The van der Waals surface area contributed by atoms with Crippen LogP contribution < -0.4 is 10.9 Å². The van der Waals surface area contributed by atoms with Crippen LogP contribution >= 0.6 is 23.4 Å². The minimum Gasteiger partial charge on any atom is -0.493 e. The number of aromatic nitrogens is 2. The molecule has 0 unspecified atom stereocenters. The van der Waals surface area contributed by atoms with Crippen LogP contribution in [0.1, 0.15) is 19.4 Å². The van der Waals surface area contributed by atoms with Crippen LogP contribution in [0.3, 0.4) is 0 Å². The van der Waals surface area contributed by atoms with Crippen molar-refractivity contribution < 1.29 is 9.90 Å². The molecule has 2 N–H and O–H groups in total. The van der Waals surface area contributed by atoms with E-state index in [4.69, 9.17) is 11.6 Å². The molecule has 8 heteroatoms. The molecule has 0 aliphatic carbocycles. The van der Waals surface area contributed by atoms with Crippen molar-refractivity contribution in [3.8, 4) is 5.88 Å². The van der Waals surface area contributed by atoms with Gasteiger partial charge in [-0.25, -0.2) is 0 Å². The number of nitrogens with zero attached hydrogens (tertiary/aromatic N) is 2. The molecule has 0 bridgehead atoms. The Bertz CT molecular complexity index is 808. The molecule has 0 saturated carbocycles. The summed E-state index contributed by atoms with van der Waals surface area (Å²) in [4.78, 5) is 28.0. The van der Waals surface area contributed by atoms with Crippen LogP contribution in [-0.2, 0) is 17.9 Å². The van der Waals surface area contributed by atoms with E-state index in [-0.39, 0.29) is 29.0 Å². The highest BCUT2D eigenvalue weighted by molar-refractivity contribution is 7.99. The van der Waals surface area contributed by atoms with Gasteiger partial charge in [-0.3, -0.25) is 14.2 Å². The Kier molecular flexibility index (Phi) is 6.90. The first-order valence-corrected chi connectivity index (χ1v) is 9.17. The van der Waals surface area contributed by atoms with Crippen LogP contribution in [-0.4, -0.2) is 26.3 Å². The average Bonchev–Trinajstić information content (AvgIpc) is 2.54. The normalized spacial score (nSPS) is 10.9. The van der Waals surface area contributed by atoms with Gasteiger partial charge in [-0.05, 0) is 17.5 Å². The minimum atomic E-state index is -0.344. The Hall–Kier alpha value is -1.99. The van der Waals surface area contributed by atoms with Gasteiger partial charge in [0.05, 0.1) is 11.8 Å². The molecule has 0 fully saturated rings. The van der Waals surface area contributed by atoms with E-state index < -0.39 is 0 Å². The van der Waals surface area contributed by atoms with E-state index in [9.17, 15) is 14.7 Å². The molecule has 2 aromatic rings. The van der Waals surface area contributed by atoms with Crippen LogP contribution in [0, 0.1) is 5.92 Å². The van der Waals surface area contributed by atoms with E-state index in [0.717, 1.165) is 23.4 Å². The largest absolute Gasteiger partial charge is 0.493 e. The number of carbonyl (C=O) groups excluding carboxylic acids is 1. The molecule has 25 heavy (non-hydrogen) atoms. The van der Waals surface area contributed by atoms with Gasteiger partial charge >= 0.3 is 0 Å². The number of amides is 1. The summed E-state index contributed by atoms with van der Waals surface area (Å²) in [6.45, 7) is 4.75. The van der Waals surface area contributed by atoms with E-state index in [1.807, 2.05) is 32.0 Å². The zero-order valence-electron chi connectivity index (χ0n) is 14.0. The number of halogens is 1. The smallest absolute Gasteiger partial charge is 0.257 e. The van der Waals surface area contributed by atoms with Crippen molar-refractivity contribution in [1.29, 1.82) is 0 Å². The Morgan fingerprint density at radius 2 is 2.12 bits per heavy atom. The Labute approximate surface area is 155 Å². The topological polar surface area (TPSA) is 84.2 Å². The zero-order valence-corrected chi connectivity index (χ0v) is 15.6. The molecular formula is C17H20ClN3O3S. The lowest BCUT2D eigenvalue weighted by atomic mass is 10.2. The highest BCUT2D eigenvalue weighted by atomic mass is 35.5. The molecule has 2 rings (SSSR count). The predicted molar refractivity (Wildman–Crippen MR) is 99.0 cm³/mol. The molecular weight excluding hydrogens is 362 g/mol. The first-order valence-electron chi connectivity index (χ1n) is 7.80. The zero-order chi connectivity index (χ0) is 18.4. The minimum absolute atomic E-state index is 0.0818. The number of benzene rings is 1. The average molecular weight is 382 g/mol. The van der Waals surface area contributed by atoms with E-state index in [1.54, 1.807) is 6.07 Å². The molecule has 0 atom stereocenters. The molecule has 1 aromatic carbocycles. The van der Waals surface area contributed by atoms with Gasteiger partial charge in [0.2, 0.25) is 11.8 Å². The summed E-state index contributed by atoms with van der Waals surface area (Å²) < 4.78 is 1.47. The van der Waals surface area contributed by atoms with Crippen molar-refractivity contribution in [2.24, 2.45) is 5.92 Å². The van der Waals surface area contributed by atoms with Crippen LogP contribution in [0.25, 0.3) is 0 Å². The summed E-state index contributed by atoms with van der Waals surface area (Å²) in [6, 6.07) is 8.35. The lowest BCUT2D eigenvalue weighted by Crippen LogP contribution is -2.27. The Morgan fingerprint density at radius 3 is 2.80 bits per heavy atom. The number of rotatable bonds is 7. The van der Waals surface area contributed by atoms with Gasteiger partial charge in [-0.2, -0.15) is 4.98 Å². The van der Waals surface area contributed by atoms with E-state index in [1.165, 1.54) is 4.57 Å². The molecule has 0 aliphatic heterocycles. The Balaban J connectivity index is 1.99. The maximum Gasteiger partial charge on any atom is 0.257 e. The maximum atomic E-state index is 12.1. The summed E-state index contributed by atoms with van der Waals surface area (Å²) >= 11 is 7.16. The molecule has 0 radical (unpaired) electrons. The van der Waals surface area contributed by atoms with Crippen molar-refractivity contribution >= 4 is 29.3 Å². The second-order valence-corrected chi connectivity index (χ2v) is 7.25. The standard InChI is InChI=1S/C17H20ClN3O3S/c1-11(2)9-21-16(24)7-14(22)20-17(21)25-10-15(23)19-8-12-5-3-4-6-13(12)18/h3-7,11,22H,8-10H2,1-2H3,(H,19,23). The van der Waals surface area contributed by atoms with Gasteiger partial charge in [-0.15, -0.1) is 0 Å². The lowest BCUT2D eigenvalue weighted by Gasteiger charge is -2.13. The van der Waals surface area contributed by atoms with Crippen LogP contribution in [0.2, 0.25) is 5.02 Å². The number of nitrogens with one attached hydrogen (secondary N) is 1. The molecule has 1 amide bonds. The van der Waals surface area contributed by atoms with Gasteiger partial charge in [0, 0.05) is 18.1 Å². The first-order chi connectivity index (χ1) is 11.9. The van der Waals surface area contributed by atoms with Gasteiger partial charge in [0.1, 0.15) is 0 Å². The van der Waals surface area contributed by atoms with Crippen molar-refractivity contribution in [3.05, 3.63) is 51.3 Å². The third kappa shape index (κ3) is 5.79. The number of carbonyl (C=O) groups is 1. The highest BCUT2D eigenvalue weighted by Crippen LogP contribution is 2.18. The van der Waals surface area contributed by atoms with E-state index in [2.05, 4.69) is 10.3 Å². The summed E-state index contributed by atoms with van der Waals surface area (Å²) in [5.74, 6) is -0.238.